The minimum atomic E-state index is 0.434. The summed E-state index contributed by atoms with van der Waals surface area (Å²) in [6.07, 6.45) is 5.50. The van der Waals surface area contributed by atoms with Crippen molar-refractivity contribution in [1.29, 1.82) is 5.26 Å². The van der Waals surface area contributed by atoms with Crippen LogP contribution < -0.4 is 0 Å². The van der Waals surface area contributed by atoms with Crippen LogP contribution in [0.25, 0.3) is 0 Å². The maximum atomic E-state index is 8.42. The fourth-order valence-corrected chi connectivity index (χ4v) is 0.734. The Morgan fingerprint density at radius 1 is 1.70 bits per heavy atom. The molecule has 0 bridgehead atoms. The summed E-state index contributed by atoms with van der Waals surface area (Å²) in [5.74, 6) is 0. The van der Waals surface area contributed by atoms with E-state index >= 15 is 0 Å². The molecule has 1 aliphatic carbocycles. The first-order valence-corrected chi connectivity index (χ1v) is 2.85. The molecule has 0 saturated carbocycles. The Bertz CT molecular complexity index is 255. The molecule has 0 radical (unpaired) electrons. The lowest BCUT2D eigenvalue weighted by molar-refractivity contribution is 0.318. The smallest absolute Gasteiger partial charge is 0.0951 e. The van der Waals surface area contributed by atoms with Gasteiger partial charge in [0.2, 0.25) is 0 Å². The van der Waals surface area contributed by atoms with Gasteiger partial charge >= 0.3 is 0 Å². The van der Waals surface area contributed by atoms with Crippen LogP contribution in [0.3, 0.4) is 0 Å². The van der Waals surface area contributed by atoms with E-state index in [2.05, 4.69) is 5.16 Å². The Hall–Kier alpha value is -1.56. The molecule has 0 aromatic heterocycles. The largest absolute Gasteiger partial charge is 0.411 e. The van der Waals surface area contributed by atoms with Gasteiger partial charge in [0, 0.05) is 12.0 Å². The summed E-state index contributed by atoms with van der Waals surface area (Å²) in [4.78, 5) is 0. The Morgan fingerprint density at radius 3 is 3.10 bits per heavy atom. The van der Waals surface area contributed by atoms with E-state index in [1.54, 1.807) is 18.2 Å². The molecule has 1 N–H and O–H groups in total. The monoisotopic (exact) mass is 134 g/mol. The molecule has 50 valence electrons. The van der Waals surface area contributed by atoms with Crippen LogP contribution in [0.4, 0.5) is 0 Å². The maximum Gasteiger partial charge on any atom is 0.0951 e. The SMILES string of the molecule is N#CC1=CC=CC(=NO)C1. The quantitative estimate of drug-likeness (QED) is 0.400. The second-order valence-corrected chi connectivity index (χ2v) is 1.93. The van der Waals surface area contributed by atoms with Gasteiger partial charge in [-0.1, -0.05) is 11.2 Å². The topological polar surface area (TPSA) is 56.4 Å². The molecule has 0 unspecified atom stereocenters. The zero-order valence-electron chi connectivity index (χ0n) is 5.28. The molecule has 0 spiro atoms. The molecule has 3 heteroatoms. The van der Waals surface area contributed by atoms with Gasteiger partial charge < -0.3 is 5.21 Å². The molecular formula is C7H6N2O. The van der Waals surface area contributed by atoms with Crippen LogP contribution in [0.15, 0.2) is 29.0 Å². The third-order valence-corrected chi connectivity index (χ3v) is 1.23. The Kier molecular flexibility index (Phi) is 1.86. The van der Waals surface area contributed by atoms with Crippen LogP contribution in [0.1, 0.15) is 6.42 Å². The summed E-state index contributed by atoms with van der Waals surface area (Å²) in [5.41, 5.74) is 1.15. The first kappa shape index (κ1) is 6.56. The summed E-state index contributed by atoms with van der Waals surface area (Å²) in [6.45, 7) is 0. The molecule has 0 aromatic carbocycles. The van der Waals surface area contributed by atoms with E-state index in [1.165, 1.54) is 0 Å². The fraction of sp³-hybridized carbons (Fsp3) is 0.143. The summed E-state index contributed by atoms with van der Waals surface area (Å²) in [5, 5.41) is 19.7. The van der Waals surface area contributed by atoms with Crippen molar-refractivity contribution < 1.29 is 5.21 Å². The van der Waals surface area contributed by atoms with Crippen LogP contribution in [0.2, 0.25) is 0 Å². The standard InChI is InChI=1S/C7H6N2O/c8-5-6-2-1-3-7(4-6)9-10/h1-3,10H,4H2. The zero-order chi connectivity index (χ0) is 7.40. The van der Waals surface area contributed by atoms with Crippen LogP contribution in [-0.4, -0.2) is 10.9 Å². The van der Waals surface area contributed by atoms with E-state index < -0.39 is 0 Å². The van der Waals surface area contributed by atoms with E-state index in [0.29, 0.717) is 17.7 Å². The summed E-state index contributed by atoms with van der Waals surface area (Å²) >= 11 is 0. The van der Waals surface area contributed by atoms with E-state index in [9.17, 15) is 0 Å². The lowest BCUT2D eigenvalue weighted by Gasteiger charge is -1.99. The molecular weight excluding hydrogens is 128 g/mol. The number of oxime groups is 1. The molecule has 1 rings (SSSR count). The summed E-state index contributed by atoms with van der Waals surface area (Å²) < 4.78 is 0. The van der Waals surface area contributed by atoms with Gasteiger partial charge in [-0.2, -0.15) is 5.26 Å². The number of nitriles is 1. The first-order chi connectivity index (χ1) is 4.86. The highest BCUT2D eigenvalue weighted by Crippen LogP contribution is 2.07. The first-order valence-electron chi connectivity index (χ1n) is 2.85. The molecule has 0 heterocycles. The summed E-state index contributed by atoms with van der Waals surface area (Å²) in [6, 6.07) is 1.99. The van der Waals surface area contributed by atoms with Gasteiger partial charge in [0.15, 0.2) is 0 Å². The Morgan fingerprint density at radius 2 is 2.50 bits per heavy atom. The molecule has 0 aromatic rings. The number of hydrogen-bond acceptors (Lipinski definition) is 3. The third kappa shape index (κ3) is 1.23. The Balaban J connectivity index is 2.80. The van der Waals surface area contributed by atoms with Crippen molar-refractivity contribution in [2.45, 2.75) is 6.42 Å². The predicted octanol–water partition coefficient (Wildman–Crippen LogP) is 1.23. The minimum absolute atomic E-state index is 0.434. The van der Waals surface area contributed by atoms with Crippen molar-refractivity contribution >= 4 is 5.71 Å². The third-order valence-electron chi connectivity index (χ3n) is 1.23. The number of nitrogens with zero attached hydrogens (tertiary/aromatic N) is 2. The van der Waals surface area contributed by atoms with Crippen molar-refractivity contribution in [3.8, 4) is 6.07 Å². The number of allylic oxidation sites excluding steroid dienone is 4. The maximum absolute atomic E-state index is 8.42. The van der Waals surface area contributed by atoms with Gasteiger partial charge in [0.25, 0.3) is 0 Å². The molecule has 0 atom stereocenters. The highest BCUT2D eigenvalue weighted by atomic mass is 16.4. The molecule has 0 saturated heterocycles. The van der Waals surface area contributed by atoms with Gasteiger partial charge in [0.1, 0.15) is 0 Å². The van der Waals surface area contributed by atoms with E-state index in [0.717, 1.165) is 0 Å². The highest BCUT2D eigenvalue weighted by molar-refractivity contribution is 5.98. The molecule has 0 aliphatic heterocycles. The zero-order valence-corrected chi connectivity index (χ0v) is 5.28. The lowest BCUT2D eigenvalue weighted by atomic mass is 10.1. The molecule has 0 amide bonds. The molecule has 1 aliphatic rings. The molecule has 10 heavy (non-hydrogen) atoms. The van der Waals surface area contributed by atoms with Crippen molar-refractivity contribution in [1.82, 2.24) is 0 Å². The van der Waals surface area contributed by atoms with Crippen LogP contribution in [0.5, 0.6) is 0 Å². The second kappa shape index (κ2) is 2.83. The van der Waals surface area contributed by atoms with Crippen molar-refractivity contribution in [3.05, 3.63) is 23.8 Å². The average Bonchev–Trinajstić information content (AvgIpc) is 2.05. The van der Waals surface area contributed by atoms with Crippen molar-refractivity contribution in [2.24, 2.45) is 5.16 Å². The second-order valence-electron chi connectivity index (χ2n) is 1.93. The van der Waals surface area contributed by atoms with Gasteiger partial charge in [0.05, 0.1) is 11.8 Å². The van der Waals surface area contributed by atoms with E-state index in [4.69, 9.17) is 10.5 Å². The number of hydrogen-bond donors (Lipinski definition) is 1. The Labute approximate surface area is 58.6 Å². The highest BCUT2D eigenvalue weighted by Gasteiger charge is 2.03. The average molecular weight is 134 g/mol. The van der Waals surface area contributed by atoms with E-state index in [-0.39, 0.29) is 0 Å². The van der Waals surface area contributed by atoms with Crippen LogP contribution >= 0.6 is 0 Å². The van der Waals surface area contributed by atoms with Gasteiger partial charge in [-0.3, -0.25) is 0 Å². The normalized spacial score (nSPS) is 20.3. The fourth-order valence-electron chi connectivity index (χ4n) is 0.734. The van der Waals surface area contributed by atoms with E-state index in [1.807, 2.05) is 6.07 Å². The number of rotatable bonds is 0. The van der Waals surface area contributed by atoms with Gasteiger partial charge in [-0.05, 0) is 12.2 Å². The van der Waals surface area contributed by atoms with Crippen LogP contribution in [-0.2, 0) is 0 Å². The van der Waals surface area contributed by atoms with Crippen molar-refractivity contribution in [3.63, 3.8) is 0 Å². The molecule has 3 nitrogen and oxygen atoms in total. The molecule has 0 fully saturated rings. The van der Waals surface area contributed by atoms with Gasteiger partial charge in [-0.25, -0.2) is 0 Å². The van der Waals surface area contributed by atoms with Gasteiger partial charge in [-0.15, -0.1) is 0 Å². The lowest BCUT2D eigenvalue weighted by Crippen LogP contribution is -1.98. The summed E-state index contributed by atoms with van der Waals surface area (Å²) in [7, 11) is 0. The minimum Gasteiger partial charge on any atom is -0.411 e. The van der Waals surface area contributed by atoms with Crippen LogP contribution in [0, 0.1) is 11.3 Å². The van der Waals surface area contributed by atoms with Crippen molar-refractivity contribution in [2.75, 3.05) is 0 Å². The predicted molar refractivity (Wildman–Crippen MR) is 36.7 cm³/mol.